The number of carbonyl (C=O) groups excluding carboxylic acids is 1. The van der Waals surface area contributed by atoms with Crippen molar-refractivity contribution in [2.45, 2.75) is 18.8 Å². The van der Waals surface area contributed by atoms with E-state index in [9.17, 15) is 9.18 Å². The maximum absolute atomic E-state index is 13.7. The molecule has 0 spiro atoms. The molecular formula is C22H21ClFNO2S. The van der Waals surface area contributed by atoms with Gasteiger partial charge in [0, 0.05) is 34.0 Å². The highest BCUT2D eigenvalue weighted by Gasteiger charge is 2.15. The van der Waals surface area contributed by atoms with Gasteiger partial charge in [0.15, 0.2) is 6.10 Å². The van der Waals surface area contributed by atoms with E-state index in [4.69, 9.17) is 16.3 Å². The molecule has 0 aliphatic heterocycles. The second kappa shape index (κ2) is 9.80. The number of carbonyl (C=O) groups is 1. The number of amides is 1. The summed E-state index contributed by atoms with van der Waals surface area (Å²) < 4.78 is 19.6. The minimum atomic E-state index is -0.614. The van der Waals surface area contributed by atoms with Crippen molar-refractivity contribution in [2.24, 2.45) is 0 Å². The van der Waals surface area contributed by atoms with Crippen LogP contribution in [0.2, 0.25) is 5.02 Å². The zero-order chi connectivity index (χ0) is 19.9. The van der Waals surface area contributed by atoms with Gasteiger partial charge in [0.05, 0.1) is 0 Å². The molecule has 0 saturated carbocycles. The van der Waals surface area contributed by atoms with E-state index in [0.717, 1.165) is 10.8 Å². The van der Waals surface area contributed by atoms with Gasteiger partial charge in [0.1, 0.15) is 11.6 Å². The molecule has 0 fully saturated rings. The number of hydrogen-bond acceptors (Lipinski definition) is 3. The van der Waals surface area contributed by atoms with Crippen LogP contribution in [-0.2, 0) is 10.5 Å². The number of hydrogen-bond donors (Lipinski definition) is 1. The van der Waals surface area contributed by atoms with Crippen molar-refractivity contribution in [3.8, 4) is 5.75 Å². The van der Waals surface area contributed by atoms with E-state index in [0.29, 0.717) is 34.4 Å². The Morgan fingerprint density at radius 3 is 2.71 bits per heavy atom. The maximum Gasteiger partial charge on any atom is 0.260 e. The quantitative estimate of drug-likeness (QED) is 0.495. The van der Waals surface area contributed by atoms with E-state index in [1.54, 1.807) is 19.1 Å². The van der Waals surface area contributed by atoms with Crippen LogP contribution in [0.25, 0.3) is 10.8 Å². The average molecular weight is 418 g/mol. The van der Waals surface area contributed by atoms with Crippen molar-refractivity contribution < 1.29 is 13.9 Å². The third kappa shape index (κ3) is 5.18. The summed E-state index contributed by atoms with van der Waals surface area (Å²) in [5.41, 5.74) is 0.494. The smallest absolute Gasteiger partial charge is 0.260 e. The highest BCUT2D eigenvalue weighted by molar-refractivity contribution is 7.98. The lowest BCUT2D eigenvalue weighted by Crippen LogP contribution is -2.37. The Kier molecular flexibility index (Phi) is 7.18. The van der Waals surface area contributed by atoms with Crippen LogP contribution >= 0.6 is 23.4 Å². The van der Waals surface area contributed by atoms with Gasteiger partial charge in [-0.15, -0.1) is 0 Å². The average Bonchev–Trinajstić information content (AvgIpc) is 2.69. The Morgan fingerprint density at radius 2 is 1.89 bits per heavy atom. The topological polar surface area (TPSA) is 38.3 Å². The molecule has 0 saturated heterocycles. The molecular weight excluding hydrogens is 397 g/mol. The summed E-state index contributed by atoms with van der Waals surface area (Å²) in [6.45, 7) is 2.20. The number of fused-ring (bicyclic) bond motifs is 1. The van der Waals surface area contributed by atoms with Crippen LogP contribution in [0.5, 0.6) is 5.75 Å². The highest BCUT2D eigenvalue weighted by Crippen LogP contribution is 2.26. The van der Waals surface area contributed by atoms with Crippen molar-refractivity contribution >= 4 is 40.0 Å². The summed E-state index contributed by atoms with van der Waals surface area (Å²) >= 11 is 7.53. The SMILES string of the molecule is C[C@H](Oc1cccc2ccccc12)C(=O)NCCSCc1c(F)cccc1Cl. The molecule has 1 N–H and O–H groups in total. The number of rotatable bonds is 8. The maximum atomic E-state index is 13.7. The minimum Gasteiger partial charge on any atom is -0.480 e. The van der Waals surface area contributed by atoms with E-state index >= 15 is 0 Å². The first kappa shape index (κ1) is 20.5. The van der Waals surface area contributed by atoms with Crippen molar-refractivity contribution in [1.29, 1.82) is 0 Å². The molecule has 0 bridgehead atoms. The van der Waals surface area contributed by atoms with Crippen LogP contribution in [0, 0.1) is 5.82 Å². The lowest BCUT2D eigenvalue weighted by molar-refractivity contribution is -0.127. The van der Waals surface area contributed by atoms with Crippen molar-refractivity contribution in [3.05, 3.63) is 77.1 Å². The van der Waals surface area contributed by atoms with Crippen molar-refractivity contribution in [2.75, 3.05) is 12.3 Å². The zero-order valence-corrected chi connectivity index (χ0v) is 17.0. The first-order chi connectivity index (χ1) is 13.6. The molecule has 3 rings (SSSR count). The highest BCUT2D eigenvalue weighted by atomic mass is 35.5. The van der Waals surface area contributed by atoms with Crippen LogP contribution in [-0.4, -0.2) is 24.3 Å². The molecule has 0 aromatic heterocycles. The molecule has 1 atom stereocenters. The molecule has 0 aliphatic rings. The minimum absolute atomic E-state index is 0.183. The summed E-state index contributed by atoms with van der Waals surface area (Å²) in [4.78, 5) is 12.3. The summed E-state index contributed by atoms with van der Waals surface area (Å²) in [5.74, 6) is 1.31. The molecule has 0 heterocycles. The van der Waals surface area contributed by atoms with Crippen LogP contribution in [0.1, 0.15) is 12.5 Å². The van der Waals surface area contributed by atoms with Crippen molar-refractivity contribution in [1.82, 2.24) is 5.32 Å². The van der Waals surface area contributed by atoms with Gasteiger partial charge >= 0.3 is 0 Å². The Balaban J connectivity index is 1.46. The zero-order valence-electron chi connectivity index (χ0n) is 15.5. The van der Waals surface area contributed by atoms with Crippen LogP contribution < -0.4 is 10.1 Å². The molecule has 3 nitrogen and oxygen atoms in total. The molecule has 3 aromatic rings. The van der Waals surface area contributed by atoms with Crippen LogP contribution in [0.15, 0.2) is 60.7 Å². The Bertz CT molecular complexity index is 941. The van der Waals surface area contributed by atoms with Crippen molar-refractivity contribution in [3.63, 3.8) is 0 Å². The summed E-state index contributed by atoms with van der Waals surface area (Å²) in [6, 6.07) is 18.3. The summed E-state index contributed by atoms with van der Waals surface area (Å²) in [6.07, 6.45) is -0.614. The second-order valence-electron chi connectivity index (χ2n) is 6.28. The predicted molar refractivity (Wildman–Crippen MR) is 115 cm³/mol. The first-order valence-corrected chi connectivity index (χ1v) is 10.5. The van der Waals surface area contributed by atoms with Gasteiger partial charge in [-0.1, -0.05) is 54.1 Å². The summed E-state index contributed by atoms with van der Waals surface area (Å²) in [7, 11) is 0. The second-order valence-corrected chi connectivity index (χ2v) is 7.79. The fourth-order valence-corrected chi connectivity index (χ4v) is 3.97. The van der Waals surface area contributed by atoms with Gasteiger partial charge in [-0.2, -0.15) is 11.8 Å². The van der Waals surface area contributed by atoms with Crippen LogP contribution in [0.4, 0.5) is 4.39 Å². The molecule has 6 heteroatoms. The lowest BCUT2D eigenvalue weighted by atomic mass is 10.1. The lowest BCUT2D eigenvalue weighted by Gasteiger charge is -2.16. The van der Waals surface area contributed by atoms with Gasteiger partial charge in [-0.3, -0.25) is 4.79 Å². The molecule has 0 aliphatic carbocycles. The van der Waals surface area contributed by atoms with E-state index < -0.39 is 6.10 Å². The molecule has 28 heavy (non-hydrogen) atoms. The number of thioether (sulfide) groups is 1. The van der Waals surface area contributed by atoms with E-state index in [1.165, 1.54) is 17.8 Å². The van der Waals surface area contributed by atoms with Gasteiger partial charge in [-0.25, -0.2) is 4.39 Å². The fourth-order valence-electron chi connectivity index (χ4n) is 2.78. The Hall–Kier alpha value is -2.24. The number of ether oxygens (including phenoxy) is 1. The van der Waals surface area contributed by atoms with E-state index in [-0.39, 0.29) is 11.7 Å². The fraction of sp³-hybridized carbons (Fsp3) is 0.227. The first-order valence-electron chi connectivity index (χ1n) is 8.99. The third-order valence-electron chi connectivity index (χ3n) is 4.28. The van der Waals surface area contributed by atoms with Gasteiger partial charge < -0.3 is 10.1 Å². The van der Waals surface area contributed by atoms with Crippen LogP contribution in [0.3, 0.4) is 0 Å². The molecule has 0 unspecified atom stereocenters. The van der Waals surface area contributed by atoms with Gasteiger partial charge in [0.25, 0.3) is 5.91 Å². The normalized spacial score (nSPS) is 12.0. The molecule has 3 aromatic carbocycles. The van der Waals surface area contributed by atoms with Gasteiger partial charge in [0.2, 0.25) is 0 Å². The van der Waals surface area contributed by atoms with Gasteiger partial charge in [-0.05, 0) is 30.5 Å². The van der Waals surface area contributed by atoms with E-state index in [2.05, 4.69) is 5.32 Å². The number of nitrogens with one attached hydrogen (secondary N) is 1. The largest absolute Gasteiger partial charge is 0.480 e. The molecule has 0 radical (unpaired) electrons. The summed E-state index contributed by atoms with van der Waals surface area (Å²) in [5, 5.41) is 5.32. The molecule has 1 amide bonds. The predicted octanol–water partition coefficient (Wildman–Crippen LogP) is 5.45. The number of benzene rings is 3. The monoisotopic (exact) mass is 417 g/mol. The Morgan fingerprint density at radius 1 is 1.14 bits per heavy atom. The Labute approximate surface area is 173 Å². The standard InChI is InChI=1S/C22H21ClFNO2S/c1-15(27-21-11-4-7-16-6-2-3-8-17(16)21)22(26)25-12-13-28-14-18-19(23)9-5-10-20(18)24/h2-11,15H,12-14H2,1H3,(H,25,26)/t15-/m0/s1. The number of halogens is 2. The van der Waals surface area contributed by atoms with E-state index in [1.807, 2.05) is 42.5 Å². The third-order valence-corrected chi connectivity index (χ3v) is 5.62. The molecule has 146 valence electrons.